The van der Waals surface area contributed by atoms with Crippen LogP contribution >= 0.6 is 0 Å². The summed E-state index contributed by atoms with van der Waals surface area (Å²) in [5.74, 6) is -0.167. The van der Waals surface area contributed by atoms with E-state index < -0.39 is 5.97 Å². The zero-order valence-corrected chi connectivity index (χ0v) is 10.2. The van der Waals surface area contributed by atoms with E-state index in [1.807, 2.05) is 24.3 Å². The Hall–Kier alpha value is -2.36. The van der Waals surface area contributed by atoms with Gasteiger partial charge in [0, 0.05) is 11.8 Å². The van der Waals surface area contributed by atoms with Gasteiger partial charge in [-0.3, -0.25) is 0 Å². The van der Waals surface area contributed by atoms with E-state index in [9.17, 15) is 4.79 Å². The minimum Gasteiger partial charge on any atom is -0.490 e. The summed E-state index contributed by atoms with van der Waals surface area (Å²) >= 11 is 0. The first-order chi connectivity index (χ1) is 9.22. The predicted octanol–water partition coefficient (Wildman–Crippen LogP) is 2.99. The van der Waals surface area contributed by atoms with Gasteiger partial charge >= 0.3 is 5.97 Å². The number of carbonyl (C=O) groups is 1. The molecular weight excluding hydrogens is 242 g/mol. The molecule has 0 spiro atoms. The summed E-state index contributed by atoms with van der Waals surface area (Å²) in [5.41, 5.74) is 1.91. The normalized spacial score (nSPS) is 14.1. The molecule has 3 rings (SSSR count). The van der Waals surface area contributed by atoms with Gasteiger partial charge in [-0.25, -0.2) is 9.78 Å². The van der Waals surface area contributed by atoms with Crippen molar-refractivity contribution in [3.63, 3.8) is 0 Å². The Morgan fingerprint density at radius 2 is 2.05 bits per heavy atom. The summed E-state index contributed by atoms with van der Waals surface area (Å²) in [5, 5.41) is 8.81. The monoisotopic (exact) mass is 255 g/mol. The summed E-state index contributed by atoms with van der Waals surface area (Å²) in [6, 6.07) is 11.0. The standard InChI is InChI=1S/C15H13NO3/c17-15(18)14-7-4-11(9-16-14)10-2-1-3-13(8-10)19-12-5-6-12/h1-4,7-9,12H,5-6H2,(H,17,18). The number of ether oxygens (including phenoxy) is 1. The number of rotatable bonds is 4. The highest BCUT2D eigenvalue weighted by molar-refractivity contribution is 5.85. The molecule has 1 aliphatic rings. The third-order valence-corrected chi connectivity index (χ3v) is 2.98. The van der Waals surface area contributed by atoms with Gasteiger partial charge in [0.25, 0.3) is 0 Å². The number of carboxylic acid groups (broad SMARTS) is 1. The molecule has 2 aromatic rings. The molecule has 1 saturated carbocycles. The summed E-state index contributed by atoms with van der Waals surface area (Å²) in [7, 11) is 0. The van der Waals surface area contributed by atoms with Gasteiger partial charge in [-0.05, 0) is 36.6 Å². The average Bonchev–Trinajstić information content (AvgIpc) is 3.23. The van der Waals surface area contributed by atoms with Crippen LogP contribution in [-0.4, -0.2) is 22.2 Å². The van der Waals surface area contributed by atoms with Gasteiger partial charge < -0.3 is 9.84 Å². The number of hydrogen-bond acceptors (Lipinski definition) is 3. The fraction of sp³-hybridized carbons (Fsp3) is 0.200. The van der Waals surface area contributed by atoms with Crippen molar-refractivity contribution in [2.75, 3.05) is 0 Å². The van der Waals surface area contributed by atoms with Crippen LogP contribution in [0.3, 0.4) is 0 Å². The molecule has 1 N–H and O–H groups in total. The third kappa shape index (κ3) is 2.73. The highest BCUT2D eigenvalue weighted by Crippen LogP contribution is 2.29. The number of carboxylic acids is 1. The number of nitrogens with zero attached hydrogens (tertiary/aromatic N) is 1. The van der Waals surface area contributed by atoms with Crippen LogP contribution in [0.1, 0.15) is 23.3 Å². The van der Waals surface area contributed by atoms with Gasteiger partial charge in [0.2, 0.25) is 0 Å². The van der Waals surface area contributed by atoms with Crippen molar-refractivity contribution in [1.29, 1.82) is 0 Å². The fourth-order valence-electron chi connectivity index (χ4n) is 1.82. The fourth-order valence-corrected chi connectivity index (χ4v) is 1.82. The molecule has 0 amide bonds. The number of hydrogen-bond donors (Lipinski definition) is 1. The Morgan fingerprint density at radius 3 is 2.68 bits per heavy atom. The van der Waals surface area contributed by atoms with Crippen LogP contribution in [0.25, 0.3) is 11.1 Å². The Morgan fingerprint density at radius 1 is 1.21 bits per heavy atom. The van der Waals surface area contributed by atoms with Gasteiger partial charge in [-0.2, -0.15) is 0 Å². The van der Waals surface area contributed by atoms with Gasteiger partial charge in [-0.15, -0.1) is 0 Å². The maximum absolute atomic E-state index is 10.7. The quantitative estimate of drug-likeness (QED) is 0.912. The van der Waals surface area contributed by atoms with E-state index in [0.717, 1.165) is 29.7 Å². The first-order valence-corrected chi connectivity index (χ1v) is 6.19. The van der Waals surface area contributed by atoms with Crippen LogP contribution in [-0.2, 0) is 0 Å². The number of aromatic nitrogens is 1. The molecule has 4 nitrogen and oxygen atoms in total. The van der Waals surface area contributed by atoms with Crippen molar-refractivity contribution in [1.82, 2.24) is 4.98 Å². The van der Waals surface area contributed by atoms with E-state index in [-0.39, 0.29) is 5.69 Å². The average molecular weight is 255 g/mol. The minimum atomic E-state index is -1.02. The van der Waals surface area contributed by atoms with Crippen LogP contribution in [0.5, 0.6) is 5.75 Å². The molecule has 1 heterocycles. The Balaban J connectivity index is 1.85. The van der Waals surface area contributed by atoms with Crippen LogP contribution in [0.15, 0.2) is 42.6 Å². The first-order valence-electron chi connectivity index (χ1n) is 6.19. The lowest BCUT2D eigenvalue weighted by Crippen LogP contribution is -1.99. The van der Waals surface area contributed by atoms with E-state index >= 15 is 0 Å². The first kappa shape index (κ1) is 11.7. The zero-order valence-electron chi connectivity index (χ0n) is 10.2. The molecule has 0 unspecified atom stereocenters. The highest BCUT2D eigenvalue weighted by atomic mass is 16.5. The number of benzene rings is 1. The molecule has 0 bridgehead atoms. The molecule has 1 fully saturated rings. The van der Waals surface area contributed by atoms with Gasteiger partial charge in [0.15, 0.2) is 0 Å². The minimum absolute atomic E-state index is 0.0501. The second-order valence-corrected chi connectivity index (χ2v) is 4.58. The van der Waals surface area contributed by atoms with E-state index in [1.165, 1.54) is 6.07 Å². The lowest BCUT2D eigenvalue weighted by Gasteiger charge is -2.07. The van der Waals surface area contributed by atoms with Crippen LogP contribution in [0, 0.1) is 0 Å². The maximum atomic E-state index is 10.7. The second kappa shape index (κ2) is 4.72. The van der Waals surface area contributed by atoms with Crippen molar-refractivity contribution >= 4 is 5.97 Å². The predicted molar refractivity (Wildman–Crippen MR) is 70.3 cm³/mol. The van der Waals surface area contributed by atoms with E-state index in [2.05, 4.69) is 4.98 Å². The van der Waals surface area contributed by atoms with Crippen molar-refractivity contribution in [2.45, 2.75) is 18.9 Å². The van der Waals surface area contributed by atoms with E-state index in [1.54, 1.807) is 12.3 Å². The van der Waals surface area contributed by atoms with Crippen molar-refractivity contribution < 1.29 is 14.6 Å². The summed E-state index contributed by atoms with van der Waals surface area (Å²) in [6.45, 7) is 0. The van der Waals surface area contributed by atoms with Crippen LogP contribution in [0.4, 0.5) is 0 Å². The molecule has 0 saturated heterocycles. The molecule has 0 aliphatic heterocycles. The van der Waals surface area contributed by atoms with Crippen molar-refractivity contribution in [3.8, 4) is 16.9 Å². The maximum Gasteiger partial charge on any atom is 0.354 e. The Kier molecular flexibility index (Phi) is 2.91. The number of pyridine rings is 1. The van der Waals surface area contributed by atoms with E-state index in [0.29, 0.717) is 6.10 Å². The van der Waals surface area contributed by atoms with Crippen molar-refractivity contribution in [2.24, 2.45) is 0 Å². The lowest BCUT2D eigenvalue weighted by atomic mass is 10.1. The van der Waals surface area contributed by atoms with Gasteiger partial charge in [0.05, 0.1) is 6.10 Å². The largest absolute Gasteiger partial charge is 0.490 e. The molecule has 4 heteroatoms. The van der Waals surface area contributed by atoms with Gasteiger partial charge in [-0.1, -0.05) is 18.2 Å². The Bertz CT molecular complexity index is 603. The topological polar surface area (TPSA) is 59.4 Å². The van der Waals surface area contributed by atoms with E-state index in [4.69, 9.17) is 9.84 Å². The molecule has 96 valence electrons. The van der Waals surface area contributed by atoms with Crippen molar-refractivity contribution in [3.05, 3.63) is 48.3 Å². The molecule has 1 aromatic carbocycles. The molecule has 0 atom stereocenters. The SMILES string of the molecule is O=C(O)c1ccc(-c2cccc(OC3CC3)c2)cn1. The van der Waals surface area contributed by atoms with Crippen LogP contribution in [0.2, 0.25) is 0 Å². The zero-order chi connectivity index (χ0) is 13.2. The van der Waals surface area contributed by atoms with Crippen LogP contribution < -0.4 is 4.74 Å². The molecular formula is C15H13NO3. The molecule has 0 radical (unpaired) electrons. The second-order valence-electron chi connectivity index (χ2n) is 4.58. The molecule has 19 heavy (non-hydrogen) atoms. The van der Waals surface area contributed by atoms with Gasteiger partial charge in [0.1, 0.15) is 11.4 Å². The molecule has 1 aliphatic carbocycles. The Labute approximate surface area is 110 Å². The molecule has 1 aromatic heterocycles. The summed E-state index contributed by atoms with van der Waals surface area (Å²) in [4.78, 5) is 14.7. The summed E-state index contributed by atoms with van der Waals surface area (Å²) in [6.07, 6.45) is 4.18. The third-order valence-electron chi connectivity index (χ3n) is 2.98. The summed E-state index contributed by atoms with van der Waals surface area (Å²) < 4.78 is 5.73. The lowest BCUT2D eigenvalue weighted by molar-refractivity contribution is 0.0690. The smallest absolute Gasteiger partial charge is 0.354 e. The number of aromatic carboxylic acids is 1. The highest BCUT2D eigenvalue weighted by Gasteiger charge is 2.23.